The quantitative estimate of drug-likeness (QED) is 0.535. The van der Waals surface area contributed by atoms with Crippen LogP contribution in [0.4, 0.5) is 0 Å². The van der Waals surface area contributed by atoms with Gasteiger partial charge in [-0.25, -0.2) is 4.98 Å². The van der Waals surface area contributed by atoms with Gasteiger partial charge in [-0.15, -0.1) is 0 Å². The van der Waals surface area contributed by atoms with E-state index in [1.165, 1.54) is 0 Å². The van der Waals surface area contributed by atoms with Gasteiger partial charge in [-0.05, 0) is 30.9 Å². The number of nitrogens with zero attached hydrogens (tertiary/aromatic N) is 3. The van der Waals surface area contributed by atoms with Crippen LogP contribution in [-0.4, -0.2) is 40.8 Å². The van der Waals surface area contributed by atoms with Gasteiger partial charge < -0.3 is 14.8 Å². The summed E-state index contributed by atoms with van der Waals surface area (Å²) >= 11 is 0. The van der Waals surface area contributed by atoms with Crippen molar-refractivity contribution in [1.82, 2.24) is 19.7 Å². The molecular formula is C20H18N4O4. The van der Waals surface area contributed by atoms with E-state index in [1.807, 2.05) is 6.07 Å². The number of hydrogen-bond acceptors (Lipinski definition) is 6. The summed E-state index contributed by atoms with van der Waals surface area (Å²) in [5.41, 5.74) is 2.36. The van der Waals surface area contributed by atoms with Crippen molar-refractivity contribution < 1.29 is 19.1 Å². The first-order chi connectivity index (χ1) is 13.6. The lowest BCUT2D eigenvalue weighted by Crippen LogP contribution is -2.25. The number of fused-ring (bicyclic) bond motifs is 1. The molecular weight excluding hydrogens is 360 g/mol. The maximum absolute atomic E-state index is 12.8. The number of ether oxygens (including phenoxy) is 2. The van der Waals surface area contributed by atoms with Gasteiger partial charge >= 0.3 is 0 Å². The van der Waals surface area contributed by atoms with E-state index >= 15 is 0 Å². The Kier molecular flexibility index (Phi) is 5.56. The number of imidazole rings is 1. The zero-order valence-corrected chi connectivity index (χ0v) is 15.6. The van der Waals surface area contributed by atoms with Gasteiger partial charge in [0, 0.05) is 24.4 Å². The zero-order chi connectivity index (χ0) is 20.1. The molecule has 2 heterocycles. The maximum Gasteiger partial charge on any atom is 0.287 e. The molecule has 8 heteroatoms. The highest BCUT2D eigenvalue weighted by Crippen LogP contribution is 2.24. The van der Waals surface area contributed by atoms with Crippen LogP contribution >= 0.6 is 0 Å². The standard InChI is InChI=1S/C20H18N4O4/c1-13-12-24-17(11-21-13)16(5-4-8-25)23-19(24)20(26)22-10-14-6-7-15(27-2)9-18(14)28-3/h6-9,11-12H,10H2,1-3H3,(H,22,26). The third-order valence-electron chi connectivity index (χ3n) is 4.04. The topological polar surface area (TPSA) is 94.8 Å². The highest BCUT2D eigenvalue weighted by molar-refractivity contribution is 5.92. The molecule has 0 spiro atoms. The predicted molar refractivity (Wildman–Crippen MR) is 101 cm³/mol. The van der Waals surface area contributed by atoms with Crippen molar-refractivity contribution in [3.8, 4) is 23.3 Å². The van der Waals surface area contributed by atoms with Crippen molar-refractivity contribution in [2.24, 2.45) is 0 Å². The molecule has 0 saturated carbocycles. The SMILES string of the molecule is COc1ccc(CNC(=O)c2nc(C#CC=O)c3cnc(C)cn23)c(OC)c1. The van der Waals surface area contributed by atoms with Gasteiger partial charge in [0.15, 0.2) is 6.29 Å². The molecule has 0 saturated heterocycles. The van der Waals surface area contributed by atoms with E-state index in [9.17, 15) is 9.59 Å². The average molecular weight is 378 g/mol. The molecule has 142 valence electrons. The molecule has 1 aromatic carbocycles. The normalized spacial score (nSPS) is 10.1. The number of hydrogen-bond donors (Lipinski definition) is 1. The van der Waals surface area contributed by atoms with Crippen LogP contribution in [0.5, 0.6) is 11.5 Å². The first-order valence-corrected chi connectivity index (χ1v) is 8.36. The number of nitrogens with one attached hydrogen (secondary N) is 1. The summed E-state index contributed by atoms with van der Waals surface area (Å²) in [7, 11) is 3.12. The van der Waals surface area contributed by atoms with Crippen molar-refractivity contribution in [1.29, 1.82) is 0 Å². The smallest absolute Gasteiger partial charge is 0.287 e. The van der Waals surface area contributed by atoms with Crippen molar-refractivity contribution in [2.45, 2.75) is 13.5 Å². The number of benzene rings is 1. The van der Waals surface area contributed by atoms with Crippen molar-refractivity contribution in [3.63, 3.8) is 0 Å². The molecule has 0 unspecified atom stereocenters. The number of amides is 1. The van der Waals surface area contributed by atoms with Crippen LogP contribution in [0, 0.1) is 18.8 Å². The fraction of sp³-hybridized carbons (Fsp3) is 0.200. The van der Waals surface area contributed by atoms with Crippen molar-refractivity contribution >= 4 is 17.7 Å². The minimum Gasteiger partial charge on any atom is -0.497 e. The second-order valence-corrected chi connectivity index (χ2v) is 5.82. The lowest BCUT2D eigenvalue weighted by atomic mass is 10.2. The molecule has 3 rings (SSSR count). The molecule has 0 radical (unpaired) electrons. The summed E-state index contributed by atoms with van der Waals surface area (Å²) in [6.07, 6.45) is 3.74. The molecule has 8 nitrogen and oxygen atoms in total. The Morgan fingerprint density at radius 3 is 2.86 bits per heavy atom. The van der Waals surface area contributed by atoms with Crippen LogP contribution in [0.2, 0.25) is 0 Å². The number of aryl methyl sites for hydroxylation is 1. The highest BCUT2D eigenvalue weighted by atomic mass is 16.5. The molecule has 0 fully saturated rings. The average Bonchev–Trinajstić information content (AvgIpc) is 3.07. The van der Waals surface area contributed by atoms with E-state index in [-0.39, 0.29) is 12.4 Å². The molecule has 0 atom stereocenters. The monoisotopic (exact) mass is 378 g/mol. The van der Waals surface area contributed by atoms with Crippen LogP contribution in [0.25, 0.3) is 5.52 Å². The van der Waals surface area contributed by atoms with Crippen molar-refractivity contribution in [3.05, 3.63) is 53.4 Å². The molecule has 0 aliphatic carbocycles. The third kappa shape index (κ3) is 3.78. The second-order valence-electron chi connectivity index (χ2n) is 5.82. The molecule has 28 heavy (non-hydrogen) atoms. The van der Waals surface area contributed by atoms with E-state index in [2.05, 4.69) is 27.1 Å². The Bertz CT molecular complexity index is 1110. The van der Waals surface area contributed by atoms with Gasteiger partial charge in [-0.2, -0.15) is 0 Å². The Labute approximate surface area is 161 Å². The summed E-state index contributed by atoms with van der Waals surface area (Å²) in [6.45, 7) is 2.04. The van der Waals surface area contributed by atoms with E-state index in [0.29, 0.717) is 34.7 Å². The van der Waals surface area contributed by atoms with Gasteiger partial charge in [-0.3, -0.25) is 19.0 Å². The van der Waals surface area contributed by atoms with E-state index in [1.54, 1.807) is 50.1 Å². The fourth-order valence-corrected chi connectivity index (χ4v) is 2.68. The summed E-state index contributed by atoms with van der Waals surface area (Å²) in [4.78, 5) is 31.8. The Hall–Kier alpha value is -3.86. The van der Waals surface area contributed by atoms with E-state index in [4.69, 9.17) is 9.47 Å². The van der Waals surface area contributed by atoms with Gasteiger partial charge in [0.1, 0.15) is 22.7 Å². The molecule has 0 aliphatic heterocycles. The van der Waals surface area contributed by atoms with Crippen LogP contribution in [0.3, 0.4) is 0 Å². The third-order valence-corrected chi connectivity index (χ3v) is 4.04. The molecule has 0 aliphatic rings. The number of rotatable bonds is 5. The first kappa shape index (κ1) is 18.9. The fourth-order valence-electron chi connectivity index (χ4n) is 2.68. The number of aldehydes is 1. The lowest BCUT2D eigenvalue weighted by molar-refractivity contribution is -0.103. The highest BCUT2D eigenvalue weighted by Gasteiger charge is 2.17. The number of aromatic nitrogens is 3. The Balaban J connectivity index is 1.90. The molecule has 3 aromatic rings. The first-order valence-electron chi connectivity index (χ1n) is 8.36. The van der Waals surface area contributed by atoms with Gasteiger partial charge in [0.25, 0.3) is 5.91 Å². The molecule has 2 aromatic heterocycles. The minimum absolute atomic E-state index is 0.156. The maximum atomic E-state index is 12.8. The second kappa shape index (κ2) is 8.22. The van der Waals surface area contributed by atoms with E-state index in [0.717, 1.165) is 5.56 Å². The summed E-state index contributed by atoms with van der Waals surface area (Å²) in [5.74, 6) is 5.97. The minimum atomic E-state index is -0.391. The van der Waals surface area contributed by atoms with Crippen LogP contribution in [-0.2, 0) is 11.3 Å². The van der Waals surface area contributed by atoms with Gasteiger partial charge in [0.05, 0.1) is 26.1 Å². The Morgan fingerprint density at radius 1 is 1.32 bits per heavy atom. The van der Waals surface area contributed by atoms with Crippen LogP contribution in [0.15, 0.2) is 30.6 Å². The number of carbonyl (C=O) groups is 2. The number of methoxy groups -OCH3 is 2. The summed E-state index contributed by atoms with van der Waals surface area (Å²) < 4.78 is 12.1. The molecule has 0 bridgehead atoms. The van der Waals surface area contributed by atoms with Crippen LogP contribution in [0.1, 0.15) is 27.6 Å². The van der Waals surface area contributed by atoms with Crippen LogP contribution < -0.4 is 14.8 Å². The van der Waals surface area contributed by atoms with Gasteiger partial charge in [0.2, 0.25) is 5.82 Å². The largest absolute Gasteiger partial charge is 0.497 e. The number of carbonyl (C=O) groups excluding carboxylic acids is 2. The van der Waals surface area contributed by atoms with Gasteiger partial charge in [-0.1, -0.05) is 0 Å². The predicted octanol–water partition coefficient (Wildman–Crippen LogP) is 1.54. The van der Waals surface area contributed by atoms with Crippen molar-refractivity contribution in [2.75, 3.05) is 14.2 Å². The van der Waals surface area contributed by atoms with E-state index < -0.39 is 5.91 Å². The summed E-state index contributed by atoms with van der Waals surface area (Å²) in [6, 6.07) is 5.35. The zero-order valence-electron chi connectivity index (χ0n) is 15.6. The summed E-state index contributed by atoms with van der Waals surface area (Å²) in [5, 5.41) is 2.83. The lowest BCUT2D eigenvalue weighted by Gasteiger charge is -2.11. The molecule has 1 N–H and O–H groups in total. The Morgan fingerprint density at radius 2 is 2.14 bits per heavy atom. The molecule has 1 amide bonds.